The Kier molecular flexibility index (Phi) is 4.13. The number of rotatable bonds is 4. The Morgan fingerprint density at radius 1 is 0.905 bits per heavy atom. The second kappa shape index (κ2) is 6.20. The molecule has 3 aromatic rings. The van der Waals surface area contributed by atoms with Crippen LogP contribution in [0.5, 0.6) is 0 Å². The molecule has 2 aromatic carbocycles. The normalized spacial score (nSPS) is 12.5. The lowest BCUT2D eigenvalue weighted by Crippen LogP contribution is -2.03. The number of hydrogen-bond acceptors (Lipinski definition) is 3. The van der Waals surface area contributed by atoms with Crippen LogP contribution in [0.3, 0.4) is 0 Å². The predicted octanol–water partition coefficient (Wildman–Crippen LogP) is 4.38. The maximum Gasteiger partial charge on any atom is 0.105 e. The van der Waals surface area contributed by atoms with E-state index in [-0.39, 0.29) is 5.92 Å². The molecule has 0 bridgehead atoms. The lowest BCUT2D eigenvalue weighted by atomic mass is 9.92. The van der Waals surface area contributed by atoms with Gasteiger partial charge in [-0.25, -0.2) is 4.98 Å². The number of aliphatic hydroxyl groups excluding tert-OH is 1. The molecule has 3 heteroatoms. The number of hydrogen-bond donors (Lipinski definition) is 1. The zero-order chi connectivity index (χ0) is 14.7. The van der Waals surface area contributed by atoms with Gasteiger partial charge in [-0.1, -0.05) is 60.7 Å². The fourth-order valence-corrected chi connectivity index (χ4v) is 3.45. The molecule has 1 atom stereocenters. The van der Waals surface area contributed by atoms with E-state index < -0.39 is 6.10 Å². The van der Waals surface area contributed by atoms with Gasteiger partial charge in [-0.3, -0.25) is 0 Å². The summed E-state index contributed by atoms with van der Waals surface area (Å²) >= 11 is 1.60. The van der Waals surface area contributed by atoms with Crippen molar-refractivity contribution in [3.05, 3.63) is 87.9 Å². The van der Waals surface area contributed by atoms with Crippen molar-refractivity contribution in [3.63, 3.8) is 0 Å². The Labute approximate surface area is 128 Å². The van der Waals surface area contributed by atoms with E-state index in [1.54, 1.807) is 18.3 Å². The number of thiazole rings is 1. The van der Waals surface area contributed by atoms with E-state index in [0.29, 0.717) is 0 Å². The molecule has 0 amide bonds. The Morgan fingerprint density at radius 3 is 1.86 bits per heavy atom. The van der Waals surface area contributed by atoms with Gasteiger partial charge in [0.25, 0.3) is 0 Å². The third-order valence-electron chi connectivity index (χ3n) is 3.48. The molecular weight excluding hydrogens is 278 g/mol. The highest BCUT2D eigenvalue weighted by molar-refractivity contribution is 7.09. The molecule has 0 saturated heterocycles. The monoisotopic (exact) mass is 295 g/mol. The van der Waals surface area contributed by atoms with E-state index in [4.69, 9.17) is 0 Å². The summed E-state index contributed by atoms with van der Waals surface area (Å²) in [7, 11) is 0. The molecule has 0 aliphatic rings. The molecule has 1 N–H and O–H groups in total. The van der Waals surface area contributed by atoms with Crippen molar-refractivity contribution < 1.29 is 5.11 Å². The van der Waals surface area contributed by atoms with E-state index in [1.807, 2.05) is 17.5 Å². The first-order valence-corrected chi connectivity index (χ1v) is 7.87. The third-order valence-corrected chi connectivity index (χ3v) is 4.41. The van der Waals surface area contributed by atoms with E-state index in [9.17, 15) is 5.11 Å². The maximum absolute atomic E-state index is 9.70. The largest absolute Gasteiger partial charge is 0.387 e. The van der Waals surface area contributed by atoms with Crippen LogP contribution in [0.1, 0.15) is 40.8 Å². The summed E-state index contributed by atoms with van der Waals surface area (Å²) in [4.78, 5) is 4.63. The summed E-state index contributed by atoms with van der Waals surface area (Å²) in [5.41, 5.74) is 3.18. The minimum atomic E-state index is -0.526. The predicted molar refractivity (Wildman–Crippen MR) is 86.6 cm³/mol. The van der Waals surface area contributed by atoms with E-state index in [2.05, 4.69) is 53.5 Å². The Hall–Kier alpha value is -1.97. The minimum Gasteiger partial charge on any atom is -0.387 e. The zero-order valence-electron chi connectivity index (χ0n) is 11.8. The average Bonchev–Trinajstić information content (AvgIpc) is 3.00. The van der Waals surface area contributed by atoms with E-state index in [1.165, 1.54) is 11.1 Å². The van der Waals surface area contributed by atoms with Gasteiger partial charge in [-0.2, -0.15) is 0 Å². The first-order chi connectivity index (χ1) is 10.3. The highest BCUT2D eigenvalue weighted by Crippen LogP contribution is 2.34. The van der Waals surface area contributed by atoms with Crippen molar-refractivity contribution >= 4 is 11.3 Å². The molecule has 0 aliphatic carbocycles. The van der Waals surface area contributed by atoms with Crippen molar-refractivity contribution in [2.24, 2.45) is 0 Å². The molecule has 1 unspecified atom stereocenters. The summed E-state index contributed by atoms with van der Waals surface area (Å²) in [6.45, 7) is 1.75. The quantitative estimate of drug-likeness (QED) is 0.775. The smallest absolute Gasteiger partial charge is 0.105 e. The summed E-state index contributed by atoms with van der Waals surface area (Å²) in [5.74, 6) is 0.116. The lowest BCUT2D eigenvalue weighted by Gasteiger charge is -2.15. The average molecular weight is 295 g/mol. The first-order valence-electron chi connectivity index (χ1n) is 6.99. The van der Waals surface area contributed by atoms with Gasteiger partial charge >= 0.3 is 0 Å². The van der Waals surface area contributed by atoms with Crippen LogP contribution in [0.25, 0.3) is 0 Å². The van der Waals surface area contributed by atoms with Crippen LogP contribution in [0.15, 0.2) is 66.0 Å². The molecular formula is C18H17NOS. The van der Waals surface area contributed by atoms with Gasteiger partial charge < -0.3 is 5.11 Å². The molecule has 2 nitrogen and oxygen atoms in total. The number of nitrogens with zero attached hydrogens (tertiary/aromatic N) is 1. The van der Waals surface area contributed by atoms with Crippen molar-refractivity contribution in [1.82, 2.24) is 4.98 Å². The van der Waals surface area contributed by atoms with Crippen LogP contribution >= 0.6 is 11.3 Å². The van der Waals surface area contributed by atoms with E-state index >= 15 is 0 Å². The molecule has 106 valence electrons. The highest BCUT2D eigenvalue weighted by Gasteiger charge is 2.20. The molecule has 21 heavy (non-hydrogen) atoms. The summed E-state index contributed by atoms with van der Waals surface area (Å²) in [5, 5.41) is 12.7. The van der Waals surface area contributed by atoms with Gasteiger partial charge in [0.1, 0.15) is 5.01 Å². The second-order valence-electron chi connectivity index (χ2n) is 5.04. The molecule has 0 aliphatic heterocycles. The molecule has 0 spiro atoms. The van der Waals surface area contributed by atoms with Gasteiger partial charge in [-0.05, 0) is 18.1 Å². The van der Waals surface area contributed by atoms with Crippen LogP contribution in [-0.2, 0) is 0 Å². The maximum atomic E-state index is 9.70. The number of benzene rings is 2. The van der Waals surface area contributed by atoms with Crippen LogP contribution in [0.2, 0.25) is 0 Å². The van der Waals surface area contributed by atoms with E-state index in [0.717, 1.165) is 10.7 Å². The second-order valence-corrected chi connectivity index (χ2v) is 5.93. The van der Waals surface area contributed by atoms with Crippen LogP contribution in [-0.4, -0.2) is 10.1 Å². The summed E-state index contributed by atoms with van der Waals surface area (Å²) in [6.07, 6.45) is -0.526. The summed E-state index contributed by atoms with van der Waals surface area (Å²) < 4.78 is 0. The van der Waals surface area contributed by atoms with Crippen LogP contribution in [0.4, 0.5) is 0 Å². The van der Waals surface area contributed by atoms with Gasteiger partial charge in [0.15, 0.2) is 0 Å². The zero-order valence-corrected chi connectivity index (χ0v) is 12.6. The van der Waals surface area contributed by atoms with Crippen molar-refractivity contribution in [2.45, 2.75) is 18.9 Å². The van der Waals surface area contributed by atoms with Crippen LogP contribution < -0.4 is 0 Å². The minimum absolute atomic E-state index is 0.116. The molecule has 3 rings (SSSR count). The van der Waals surface area contributed by atoms with Gasteiger partial charge in [-0.15, -0.1) is 11.3 Å². The Balaban J connectivity index is 2.08. The Bertz CT molecular complexity index is 652. The first kappa shape index (κ1) is 14.0. The standard InChI is InChI=1S/C18H17NOS/c1-13(20)16-12-21-18(19-16)17(14-8-4-2-5-9-14)15-10-6-3-7-11-15/h2-13,17,20H,1H3. The van der Waals surface area contributed by atoms with Gasteiger partial charge in [0.2, 0.25) is 0 Å². The van der Waals surface area contributed by atoms with Crippen molar-refractivity contribution in [1.29, 1.82) is 0 Å². The van der Waals surface area contributed by atoms with Crippen molar-refractivity contribution in [2.75, 3.05) is 0 Å². The van der Waals surface area contributed by atoms with Crippen LogP contribution in [0, 0.1) is 0 Å². The third kappa shape index (κ3) is 3.04. The number of aromatic nitrogens is 1. The molecule has 1 heterocycles. The SMILES string of the molecule is CC(O)c1csc(C(c2ccccc2)c2ccccc2)n1. The van der Waals surface area contributed by atoms with Gasteiger partial charge in [0, 0.05) is 5.38 Å². The fraction of sp³-hybridized carbons (Fsp3) is 0.167. The van der Waals surface area contributed by atoms with Gasteiger partial charge in [0.05, 0.1) is 17.7 Å². The Morgan fingerprint density at radius 2 is 1.43 bits per heavy atom. The molecule has 0 radical (unpaired) electrons. The molecule has 0 fully saturated rings. The van der Waals surface area contributed by atoms with Crippen molar-refractivity contribution in [3.8, 4) is 0 Å². The molecule has 0 saturated carbocycles. The summed E-state index contributed by atoms with van der Waals surface area (Å²) in [6, 6.07) is 20.7. The highest BCUT2D eigenvalue weighted by atomic mass is 32.1. The fourth-order valence-electron chi connectivity index (χ4n) is 2.39. The topological polar surface area (TPSA) is 33.1 Å². The lowest BCUT2D eigenvalue weighted by molar-refractivity contribution is 0.195. The number of aliphatic hydroxyl groups is 1. The molecule has 1 aromatic heterocycles.